The summed E-state index contributed by atoms with van der Waals surface area (Å²) >= 11 is 0. The number of nitrogens with two attached hydrogens (primary N) is 1. The maximum atomic E-state index is 12.4. The number of primary amides is 1. The van der Waals surface area contributed by atoms with Crippen LogP contribution < -0.4 is 21.7 Å². The monoisotopic (exact) mass is 366 g/mol. The van der Waals surface area contributed by atoms with Crippen LogP contribution in [0.3, 0.4) is 0 Å². The molecule has 3 amide bonds. The number of carbonyl (C=O) groups excluding carboxylic acids is 2. The average molecular weight is 366 g/mol. The summed E-state index contributed by atoms with van der Waals surface area (Å²) in [6, 6.07) is 4.25. The summed E-state index contributed by atoms with van der Waals surface area (Å²) < 4.78 is 4.60. The molecule has 0 spiro atoms. The van der Waals surface area contributed by atoms with Crippen molar-refractivity contribution in [2.75, 3.05) is 18.9 Å². The molecule has 0 radical (unpaired) electrons. The van der Waals surface area contributed by atoms with E-state index in [0.717, 1.165) is 11.1 Å². The second-order valence-electron chi connectivity index (χ2n) is 5.66. The summed E-state index contributed by atoms with van der Waals surface area (Å²) in [6.45, 7) is 2.31. The minimum atomic E-state index is -1.33. The van der Waals surface area contributed by atoms with Crippen LogP contribution in [0.15, 0.2) is 18.2 Å². The van der Waals surface area contributed by atoms with Crippen LogP contribution in [0.5, 0.6) is 0 Å². The number of aryl methyl sites for hydroxylation is 1. The van der Waals surface area contributed by atoms with Gasteiger partial charge >= 0.3 is 12.2 Å². The first-order valence-corrected chi connectivity index (χ1v) is 8.36. The highest BCUT2D eigenvalue weighted by atomic mass is 16.7. The first-order chi connectivity index (χ1) is 12.4. The minimum absolute atomic E-state index is 0.0290. The SMILES string of the molecule is CCc1cc(NC(=O)[C@H](CCCNC(N)=O)NC)ccc1COC(=O)O. The zero-order chi connectivity index (χ0) is 19.5. The van der Waals surface area contributed by atoms with Gasteiger partial charge in [-0.3, -0.25) is 4.79 Å². The summed E-state index contributed by atoms with van der Waals surface area (Å²) in [5.41, 5.74) is 7.28. The van der Waals surface area contributed by atoms with Crippen molar-refractivity contribution in [3.05, 3.63) is 29.3 Å². The van der Waals surface area contributed by atoms with Crippen molar-refractivity contribution >= 4 is 23.8 Å². The predicted molar refractivity (Wildman–Crippen MR) is 96.9 cm³/mol. The molecule has 9 heteroatoms. The van der Waals surface area contributed by atoms with Crippen LogP contribution in [0, 0.1) is 0 Å². The highest BCUT2D eigenvalue weighted by molar-refractivity contribution is 5.94. The lowest BCUT2D eigenvalue weighted by molar-refractivity contribution is -0.118. The number of carboxylic acid groups (broad SMARTS) is 1. The molecule has 0 saturated heterocycles. The summed E-state index contributed by atoms with van der Waals surface area (Å²) in [6.07, 6.45) is 0.490. The molecule has 0 aromatic heterocycles. The van der Waals surface area contributed by atoms with E-state index in [-0.39, 0.29) is 12.5 Å². The van der Waals surface area contributed by atoms with Gasteiger partial charge in [-0.05, 0) is 49.6 Å². The fourth-order valence-corrected chi connectivity index (χ4v) is 2.47. The zero-order valence-electron chi connectivity index (χ0n) is 15.0. The quantitative estimate of drug-likeness (QED) is 0.313. The average Bonchev–Trinajstić information content (AvgIpc) is 2.60. The van der Waals surface area contributed by atoms with E-state index in [2.05, 4.69) is 20.7 Å². The number of anilines is 1. The van der Waals surface area contributed by atoms with Crippen LogP contribution in [0.1, 0.15) is 30.9 Å². The van der Waals surface area contributed by atoms with E-state index in [1.54, 1.807) is 25.2 Å². The van der Waals surface area contributed by atoms with Crippen LogP contribution in [-0.4, -0.2) is 42.8 Å². The van der Waals surface area contributed by atoms with Gasteiger partial charge in [0.25, 0.3) is 0 Å². The van der Waals surface area contributed by atoms with Crippen LogP contribution >= 0.6 is 0 Å². The molecule has 6 N–H and O–H groups in total. The van der Waals surface area contributed by atoms with Gasteiger partial charge in [0.05, 0.1) is 6.04 Å². The number of rotatable bonds is 10. The number of benzene rings is 1. The van der Waals surface area contributed by atoms with Gasteiger partial charge in [-0.2, -0.15) is 0 Å². The lowest BCUT2D eigenvalue weighted by atomic mass is 10.0. The molecule has 1 rings (SSSR count). The third-order valence-electron chi connectivity index (χ3n) is 3.84. The number of hydrogen-bond donors (Lipinski definition) is 5. The van der Waals surface area contributed by atoms with E-state index in [9.17, 15) is 14.4 Å². The largest absolute Gasteiger partial charge is 0.506 e. The fourth-order valence-electron chi connectivity index (χ4n) is 2.47. The Labute approximate surface area is 152 Å². The van der Waals surface area contributed by atoms with Gasteiger partial charge in [-0.1, -0.05) is 13.0 Å². The fraction of sp³-hybridized carbons (Fsp3) is 0.471. The number of carbonyl (C=O) groups is 3. The summed E-state index contributed by atoms with van der Waals surface area (Å²) in [5, 5.41) is 16.9. The molecule has 1 aromatic carbocycles. The van der Waals surface area contributed by atoms with E-state index < -0.39 is 18.2 Å². The molecule has 0 unspecified atom stereocenters. The van der Waals surface area contributed by atoms with Gasteiger partial charge in [-0.25, -0.2) is 9.59 Å². The van der Waals surface area contributed by atoms with Crippen LogP contribution in [0.25, 0.3) is 0 Å². The number of ether oxygens (including phenoxy) is 1. The second-order valence-corrected chi connectivity index (χ2v) is 5.66. The molecule has 0 aliphatic carbocycles. The lowest BCUT2D eigenvalue weighted by Crippen LogP contribution is -2.39. The van der Waals surface area contributed by atoms with Crippen molar-refractivity contribution in [2.45, 2.75) is 38.8 Å². The van der Waals surface area contributed by atoms with Crippen LogP contribution in [-0.2, 0) is 22.6 Å². The molecule has 0 aliphatic heterocycles. The van der Waals surface area contributed by atoms with Gasteiger partial charge in [0, 0.05) is 12.2 Å². The first kappa shape index (κ1) is 21.2. The standard InChI is InChI=1S/C17H26N4O5/c1-3-11-9-13(7-6-12(11)10-26-17(24)25)21-15(22)14(19-2)5-4-8-20-16(18)23/h6-7,9,14,19H,3-5,8,10H2,1-2H3,(H,21,22)(H,24,25)(H3,18,20,23)/t14-/m0/s1. The molecule has 0 saturated carbocycles. The van der Waals surface area contributed by atoms with E-state index in [4.69, 9.17) is 10.8 Å². The number of amides is 3. The third kappa shape index (κ3) is 7.39. The van der Waals surface area contributed by atoms with E-state index in [1.165, 1.54) is 0 Å². The normalized spacial score (nSPS) is 11.5. The molecular weight excluding hydrogens is 340 g/mol. The van der Waals surface area contributed by atoms with Crippen molar-refractivity contribution in [1.82, 2.24) is 10.6 Å². The summed E-state index contributed by atoms with van der Waals surface area (Å²) in [4.78, 5) is 33.5. The first-order valence-electron chi connectivity index (χ1n) is 8.36. The van der Waals surface area contributed by atoms with Crippen LogP contribution in [0.2, 0.25) is 0 Å². The smallest absolute Gasteiger partial charge is 0.450 e. The second kappa shape index (κ2) is 10.9. The molecule has 9 nitrogen and oxygen atoms in total. The van der Waals surface area contributed by atoms with Gasteiger partial charge in [0.2, 0.25) is 5.91 Å². The molecule has 0 aliphatic rings. The van der Waals surface area contributed by atoms with E-state index in [0.29, 0.717) is 31.5 Å². The van der Waals surface area contributed by atoms with Gasteiger partial charge in [0.15, 0.2) is 0 Å². The number of likely N-dealkylation sites (N-methyl/N-ethyl adjacent to an activating group) is 1. The molecule has 144 valence electrons. The van der Waals surface area contributed by atoms with Crippen LogP contribution in [0.4, 0.5) is 15.3 Å². The molecular formula is C17H26N4O5. The zero-order valence-corrected chi connectivity index (χ0v) is 15.0. The van der Waals surface area contributed by atoms with Gasteiger partial charge < -0.3 is 31.5 Å². The Bertz CT molecular complexity index is 636. The maximum Gasteiger partial charge on any atom is 0.506 e. The molecule has 0 bridgehead atoms. The number of hydrogen-bond acceptors (Lipinski definition) is 5. The number of nitrogens with one attached hydrogen (secondary N) is 3. The Morgan fingerprint density at radius 3 is 2.58 bits per heavy atom. The Morgan fingerprint density at radius 1 is 1.27 bits per heavy atom. The Hall–Kier alpha value is -2.81. The Kier molecular flexibility index (Phi) is 8.93. The van der Waals surface area contributed by atoms with Crippen molar-refractivity contribution in [1.29, 1.82) is 0 Å². The third-order valence-corrected chi connectivity index (χ3v) is 3.84. The van der Waals surface area contributed by atoms with Crippen molar-refractivity contribution in [3.8, 4) is 0 Å². The van der Waals surface area contributed by atoms with E-state index in [1.807, 2.05) is 6.92 Å². The van der Waals surface area contributed by atoms with Crippen molar-refractivity contribution < 1.29 is 24.2 Å². The molecule has 0 heterocycles. The Balaban J connectivity index is 2.65. The molecule has 0 fully saturated rings. The van der Waals surface area contributed by atoms with Gasteiger partial charge in [-0.15, -0.1) is 0 Å². The van der Waals surface area contributed by atoms with Crippen molar-refractivity contribution in [2.24, 2.45) is 5.73 Å². The maximum absolute atomic E-state index is 12.4. The van der Waals surface area contributed by atoms with Gasteiger partial charge in [0.1, 0.15) is 6.61 Å². The summed E-state index contributed by atoms with van der Waals surface area (Å²) in [7, 11) is 1.69. The predicted octanol–water partition coefficient (Wildman–Crippen LogP) is 1.42. The topological polar surface area (TPSA) is 143 Å². The van der Waals surface area contributed by atoms with Crippen molar-refractivity contribution in [3.63, 3.8) is 0 Å². The molecule has 1 aromatic rings. The number of urea groups is 1. The van der Waals surface area contributed by atoms with E-state index >= 15 is 0 Å². The molecule has 1 atom stereocenters. The highest BCUT2D eigenvalue weighted by Crippen LogP contribution is 2.18. The lowest BCUT2D eigenvalue weighted by Gasteiger charge is -2.17. The highest BCUT2D eigenvalue weighted by Gasteiger charge is 2.16. The minimum Gasteiger partial charge on any atom is -0.450 e. The molecule has 26 heavy (non-hydrogen) atoms. The summed E-state index contributed by atoms with van der Waals surface area (Å²) in [5.74, 6) is -0.192. The Morgan fingerprint density at radius 2 is 2.00 bits per heavy atom.